The summed E-state index contributed by atoms with van der Waals surface area (Å²) < 4.78 is 40.0. The zero-order valence-electron chi connectivity index (χ0n) is 11.7. The van der Waals surface area contributed by atoms with Crippen molar-refractivity contribution in [1.82, 2.24) is 9.55 Å². The molecule has 1 aromatic carbocycles. The molecule has 0 aliphatic heterocycles. The molecule has 1 aromatic heterocycles. The summed E-state index contributed by atoms with van der Waals surface area (Å²) in [7, 11) is 0. The van der Waals surface area contributed by atoms with Crippen molar-refractivity contribution in [2.45, 2.75) is 24.5 Å². The number of aromatic nitrogens is 2. The van der Waals surface area contributed by atoms with Crippen molar-refractivity contribution in [1.29, 1.82) is 0 Å². The molecule has 2 aromatic rings. The Morgan fingerprint density at radius 1 is 1.36 bits per heavy atom. The Bertz CT molecular complexity index is 652. The summed E-state index contributed by atoms with van der Waals surface area (Å²) in [6.07, 6.45) is -1.13. The molecule has 0 radical (unpaired) electrons. The van der Waals surface area contributed by atoms with Gasteiger partial charge in [-0.15, -0.1) is 6.58 Å². The number of nitrogens with zero attached hydrogens (tertiary/aromatic N) is 2. The first-order valence-corrected chi connectivity index (χ1v) is 7.49. The van der Waals surface area contributed by atoms with Gasteiger partial charge in [0, 0.05) is 12.3 Å². The standard InChI is InChI=1S/C15H15F3N2OS/c1-2-6-22-14-19-8-13(10-21)20(14)9-11-4-3-5-12(7-11)15(16,17)18/h2-5,7-8,21H,1,6,9-10H2. The lowest BCUT2D eigenvalue weighted by molar-refractivity contribution is -0.137. The van der Waals surface area contributed by atoms with E-state index < -0.39 is 11.7 Å². The van der Waals surface area contributed by atoms with Gasteiger partial charge in [-0.1, -0.05) is 30.0 Å². The summed E-state index contributed by atoms with van der Waals surface area (Å²) in [6, 6.07) is 5.16. The second-order valence-electron chi connectivity index (χ2n) is 4.57. The summed E-state index contributed by atoms with van der Waals surface area (Å²) in [5, 5.41) is 9.99. The zero-order valence-corrected chi connectivity index (χ0v) is 12.5. The van der Waals surface area contributed by atoms with Crippen LogP contribution in [0, 0.1) is 0 Å². The van der Waals surface area contributed by atoms with Gasteiger partial charge in [-0.2, -0.15) is 13.2 Å². The minimum Gasteiger partial charge on any atom is -0.390 e. The van der Waals surface area contributed by atoms with E-state index in [0.29, 0.717) is 22.2 Å². The van der Waals surface area contributed by atoms with E-state index in [9.17, 15) is 18.3 Å². The van der Waals surface area contributed by atoms with E-state index in [0.717, 1.165) is 12.1 Å². The van der Waals surface area contributed by atoms with Crippen LogP contribution in [0.25, 0.3) is 0 Å². The molecule has 0 bridgehead atoms. The Morgan fingerprint density at radius 3 is 2.77 bits per heavy atom. The van der Waals surface area contributed by atoms with Crippen LogP contribution in [0.5, 0.6) is 0 Å². The lowest BCUT2D eigenvalue weighted by Gasteiger charge is -2.12. The summed E-state index contributed by atoms with van der Waals surface area (Å²) in [4.78, 5) is 4.19. The molecule has 0 saturated carbocycles. The van der Waals surface area contributed by atoms with E-state index in [2.05, 4.69) is 11.6 Å². The van der Waals surface area contributed by atoms with Crippen LogP contribution < -0.4 is 0 Å². The molecular formula is C15H15F3N2OS. The first-order valence-electron chi connectivity index (χ1n) is 6.50. The van der Waals surface area contributed by atoms with E-state index in [1.165, 1.54) is 24.0 Å². The van der Waals surface area contributed by atoms with Crippen molar-refractivity contribution in [3.8, 4) is 0 Å². The van der Waals surface area contributed by atoms with Crippen LogP contribution in [0.3, 0.4) is 0 Å². The number of imidazole rings is 1. The second kappa shape index (κ2) is 7.02. The number of alkyl halides is 3. The molecule has 2 rings (SSSR count). The number of aliphatic hydroxyl groups is 1. The molecule has 7 heteroatoms. The van der Waals surface area contributed by atoms with E-state index in [1.807, 2.05) is 0 Å². The van der Waals surface area contributed by atoms with Gasteiger partial charge in [0.05, 0.1) is 24.1 Å². The highest BCUT2D eigenvalue weighted by Crippen LogP contribution is 2.30. The highest BCUT2D eigenvalue weighted by Gasteiger charge is 2.30. The van der Waals surface area contributed by atoms with Gasteiger partial charge in [0.25, 0.3) is 0 Å². The highest BCUT2D eigenvalue weighted by atomic mass is 32.2. The lowest BCUT2D eigenvalue weighted by Crippen LogP contribution is -2.09. The topological polar surface area (TPSA) is 38.1 Å². The fourth-order valence-electron chi connectivity index (χ4n) is 1.96. The molecule has 0 atom stereocenters. The molecule has 22 heavy (non-hydrogen) atoms. The third-order valence-electron chi connectivity index (χ3n) is 2.99. The minimum absolute atomic E-state index is 0.222. The summed E-state index contributed by atoms with van der Waals surface area (Å²) in [5.74, 6) is 0.629. The maximum atomic E-state index is 12.8. The molecule has 0 aliphatic carbocycles. The molecule has 1 heterocycles. The van der Waals surface area contributed by atoms with E-state index in [4.69, 9.17) is 0 Å². The third kappa shape index (κ3) is 3.92. The van der Waals surface area contributed by atoms with Gasteiger partial charge in [-0.05, 0) is 17.7 Å². The number of thioether (sulfide) groups is 1. The van der Waals surface area contributed by atoms with Crippen LogP contribution in [0.2, 0.25) is 0 Å². The summed E-state index contributed by atoms with van der Waals surface area (Å²) in [5.41, 5.74) is 0.378. The van der Waals surface area contributed by atoms with Crippen LogP contribution in [0.1, 0.15) is 16.8 Å². The average molecular weight is 328 g/mol. The van der Waals surface area contributed by atoms with Gasteiger partial charge < -0.3 is 9.67 Å². The Kier molecular flexibility index (Phi) is 5.31. The van der Waals surface area contributed by atoms with Crippen molar-refractivity contribution in [2.75, 3.05) is 5.75 Å². The van der Waals surface area contributed by atoms with Crippen molar-refractivity contribution in [2.24, 2.45) is 0 Å². The van der Waals surface area contributed by atoms with Crippen LogP contribution in [0.15, 0.2) is 48.3 Å². The molecule has 0 spiro atoms. The molecular weight excluding hydrogens is 313 g/mol. The maximum Gasteiger partial charge on any atom is 0.416 e. The number of aliphatic hydroxyl groups excluding tert-OH is 1. The fourth-order valence-corrected chi connectivity index (χ4v) is 2.70. The van der Waals surface area contributed by atoms with Crippen LogP contribution in [0.4, 0.5) is 13.2 Å². The number of benzene rings is 1. The maximum absolute atomic E-state index is 12.8. The van der Waals surface area contributed by atoms with Crippen LogP contribution >= 0.6 is 11.8 Å². The largest absolute Gasteiger partial charge is 0.416 e. The third-order valence-corrected chi connectivity index (χ3v) is 3.98. The highest BCUT2D eigenvalue weighted by molar-refractivity contribution is 7.99. The monoisotopic (exact) mass is 328 g/mol. The quantitative estimate of drug-likeness (QED) is 0.649. The van der Waals surface area contributed by atoms with Gasteiger partial charge in [0.2, 0.25) is 0 Å². The fraction of sp³-hybridized carbons (Fsp3) is 0.267. The lowest BCUT2D eigenvalue weighted by atomic mass is 10.1. The van der Waals surface area contributed by atoms with Crippen molar-refractivity contribution in [3.63, 3.8) is 0 Å². The van der Waals surface area contributed by atoms with E-state index in [1.54, 1.807) is 16.7 Å². The van der Waals surface area contributed by atoms with Gasteiger partial charge in [-0.25, -0.2) is 4.98 Å². The SMILES string of the molecule is C=CCSc1ncc(CO)n1Cc1cccc(C(F)(F)F)c1. The zero-order chi connectivity index (χ0) is 16.2. The molecule has 0 amide bonds. The number of hydrogen-bond acceptors (Lipinski definition) is 3. The Balaban J connectivity index is 2.30. The molecule has 1 N–H and O–H groups in total. The summed E-state index contributed by atoms with van der Waals surface area (Å²) in [6.45, 7) is 3.62. The van der Waals surface area contributed by atoms with E-state index in [-0.39, 0.29) is 13.2 Å². The molecule has 0 unspecified atom stereocenters. The average Bonchev–Trinajstić information content (AvgIpc) is 2.86. The number of hydrogen-bond donors (Lipinski definition) is 1. The molecule has 3 nitrogen and oxygen atoms in total. The Hall–Kier alpha value is -1.73. The minimum atomic E-state index is -4.37. The Labute approximate surface area is 130 Å². The van der Waals surface area contributed by atoms with Crippen LogP contribution in [-0.4, -0.2) is 20.4 Å². The molecule has 0 aliphatic rings. The second-order valence-corrected chi connectivity index (χ2v) is 5.56. The van der Waals surface area contributed by atoms with Gasteiger partial charge in [0.1, 0.15) is 0 Å². The predicted octanol–water partition coefficient (Wildman–Crippen LogP) is 3.72. The van der Waals surface area contributed by atoms with E-state index >= 15 is 0 Å². The first-order chi connectivity index (χ1) is 10.5. The summed E-state index contributed by atoms with van der Waals surface area (Å²) >= 11 is 1.41. The smallest absolute Gasteiger partial charge is 0.390 e. The molecule has 118 valence electrons. The van der Waals surface area contributed by atoms with Crippen LogP contribution in [-0.2, 0) is 19.3 Å². The van der Waals surface area contributed by atoms with Crippen molar-refractivity contribution >= 4 is 11.8 Å². The number of rotatable bonds is 6. The number of halogens is 3. The first kappa shape index (κ1) is 16.6. The van der Waals surface area contributed by atoms with Gasteiger partial charge in [-0.3, -0.25) is 0 Å². The molecule has 0 saturated heterocycles. The van der Waals surface area contributed by atoms with Crippen molar-refractivity contribution in [3.05, 3.63) is 59.9 Å². The molecule has 0 fully saturated rings. The van der Waals surface area contributed by atoms with Gasteiger partial charge >= 0.3 is 6.18 Å². The predicted molar refractivity (Wildman–Crippen MR) is 79.6 cm³/mol. The van der Waals surface area contributed by atoms with Crippen molar-refractivity contribution < 1.29 is 18.3 Å². The normalized spacial score (nSPS) is 11.6. The van der Waals surface area contributed by atoms with Gasteiger partial charge in [0.15, 0.2) is 5.16 Å². The Morgan fingerprint density at radius 2 is 2.14 bits per heavy atom.